The highest BCUT2D eigenvalue weighted by Crippen LogP contribution is 2.17. The van der Waals surface area contributed by atoms with Gasteiger partial charge in [-0.2, -0.15) is 5.26 Å². The molecule has 0 N–H and O–H groups in total. The van der Waals surface area contributed by atoms with E-state index in [1.54, 1.807) is 6.07 Å². The number of anilines is 1. The molecule has 0 aromatic carbocycles. The zero-order valence-corrected chi connectivity index (χ0v) is 11.4. The number of aromatic nitrogens is 1. The lowest BCUT2D eigenvalue weighted by molar-refractivity contribution is -0.385. The van der Waals surface area contributed by atoms with Gasteiger partial charge < -0.3 is 4.90 Å². The minimum absolute atomic E-state index is 0.00947. The summed E-state index contributed by atoms with van der Waals surface area (Å²) >= 11 is 0. The number of hydrogen-bond acceptors (Lipinski definition) is 6. The molecular formula is C13H17N5O2. The molecule has 1 saturated heterocycles. The van der Waals surface area contributed by atoms with Gasteiger partial charge in [0.1, 0.15) is 12.0 Å². The van der Waals surface area contributed by atoms with E-state index in [2.05, 4.69) is 20.9 Å². The fraction of sp³-hybridized carbons (Fsp3) is 0.538. The van der Waals surface area contributed by atoms with Gasteiger partial charge in [0, 0.05) is 38.8 Å². The number of rotatable bonds is 4. The van der Waals surface area contributed by atoms with E-state index in [1.807, 2.05) is 6.92 Å². The van der Waals surface area contributed by atoms with Gasteiger partial charge in [0.25, 0.3) is 5.69 Å². The van der Waals surface area contributed by atoms with Crippen molar-refractivity contribution in [2.75, 3.05) is 37.6 Å². The molecule has 1 atom stereocenters. The van der Waals surface area contributed by atoms with E-state index >= 15 is 0 Å². The number of piperazine rings is 1. The molecule has 106 valence electrons. The molecule has 1 aromatic rings. The fourth-order valence-corrected chi connectivity index (χ4v) is 2.26. The lowest BCUT2D eigenvalue weighted by Crippen LogP contribution is -2.47. The Morgan fingerprint density at radius 3 is 2.65 bits per heavy atom. The lowest BCUT2D eigenvalue weighted by Gasteiger charge is -2.35. The Hall–Kier alpha value is -2.20. The maximum Gasteiger partial charge on any atom is 0.287 e. The Kier molecular flexibility index (Phi) is 4.48. The van der Waals surface area contributed by atoms with Crippen LogP contribution in [0.4, 0.5) is 11.5 Å². The normalized spacial score (nSPS) is 17.5. The minimum atomic E-state index is -0.446. The predicted octanol–water partition coefficient (Wildman–Crippen LogP) is 1.27. The van der Waals surface area contributed by atoms with Gasteiger partial charge in [-0.25, -0.2) is 4.98 Å². The molecule has 0 spiro atoms. The average molecular weight is 275 g/mol. The van der Waals surface area contributed by atoms with Crippen LogP contribution in [0.1, 0.15) is 6.92 Å². The van der Waals surface area contributed by atoms with Crippen LogP contribution in [0.3, 0.4) is 0 Å². The standard InChI is InChI=1S/C13H17N5O2/c1-11(8-14)10-16-4-6-17(7-5-16)13-3-2-12(9-15-13)18(19)20/h2-3,9,11H,4-7,10H2,1H3. The molecule has 0 amide bonds. The molecular weight excluding hydrogens is 258 g/mol. The maximum absolute atomic E-state index is 10.6. The monoisotopic (exact) mass is 275 g/mol. The van der Waals surface area contributed by atoms with Gasteiger partial charge in [0.15, 0.2) is 0 Å². The number of hydrogen-bond donors (Lipinski definition) is 0. The van der Waals surface area contributed by atoms with E-state index in [4.69, 9.17) is 5.26 Å². The van der Waals surface area contributed by atoms with Crippen LogP contribution in [-0.2, 0) is 0 Å². The van der Waals surface area contributed by atoms with Crippen LogP contribution in [0.5, 0.6) is 0 Å². The molecule has 1 aliphatic rings. The van der Waals surface area contributed by atoms with Gasteiger partial charge in [-0.15, -0.1) is 0 Å². The molecule has 0 bridgehead atoms. The smallest absolute Gasteiger partial charge is 0.287 e. The Balaban J connectivity index is 1.90. The van der Waals surface area contributed by atoms with Crippen molar-refractivity contribution >= 4 is 11.5 Å². The highest BCUT2D eigenvalue weighted by Gasteiger charge is 2.19. The van der Waals surface area contributed by atoms with Crippen LogP contribution in [-0.4, -0.2) is 47.5 Å². The summed E-state index contributed by atoms with van der Waals surface area (Å²) < 4.78 is 0. The van der Waals surface area contributed by atoms with Gasteiger partial charge >= 0.3 is 0 Å². The van der Waals surface area contributed by atoms with Crippen molar-refractivity contribution in [1.82, 2.24) is 9.88 Å². The molecule has 1 unspecified atom stereocenters. The zero-order chi connectivity index (χ0) is 14.5. The second-order valence-corrected chi connectivity index (χ2v) is 4.95. The van der Waals surface area contributed by atoms with Crippen molar-refractivity contribution in [3.63, 3.8) is 0 Å². The van der Waals surface area contributed by atoms with Gasteiger partial charge in [-0.05, 0) is 13.0 Å². The summed E-state index contributed by atoms with van der Waals surface area (Å²) in [6.07, 6.45) is 1.29. The third kappa shape index (κ3) is 3.42. The van der Waals surface area contributed by atoms with E-state index < -0.39 is 4.92 Å². The Labute approximate surface area is 117 Å². The summed E-state index contributed by atoms with van der Waals surface area (Å²) in [5.41, 5.74) is 0.00947. The van der Waals surface area contributed by atoms with Crippen LogP contribution < -0.4 is 4.90 Å². The fourth-order valence-electron chi connectivity index (χ4n) is 2.26. The molecule has 7 nitrogen and oxygen atoms in total. The first-order valence-electron chi connectivity index (χ1n) is 6.57. The second kappa shape index (κ2) is 6.30. The van der Waals surface area contributed by atoms with Crippen LogP contribution >= 0.6 is 0 Å². The summed E-state index contributed by atoms with van der Waals surface area (Å²) in [6.45, 7) is 6.11. The molecule has 0 saturated carbocycles. The first kappa shape index (κ1) is 14.2. The van der Waals surface area contributed by atoms with E-state index in [1.165, 1.54) is 12.3 Å². The molecule has 2 rings (SSSR count). The van der Waals surface area contributed by atoms with Crippen LogP contribution in [0, 0.1) is 27.4 Å². The largest absolute Gasteiger partial charge is 0.354 e. The summed E-state index contributed by atoms with van der Waals surface area (Å²) in [5.74, 6) is 0.808. The minimum Gasteiger partial charge on any atom is -0.354 e. The molecule has 1 aliphatic heterocycles. The van der Waals surface area contributed by atoms with E-state index in [9.17, 15) is 10.1 Å². The molecule has 2 heterocycles. The first-order chi connectivity index (χ1) is 9.60. The number of pyridine rings is 1. The van der Waals surface area contributed by atoms with E-state index in [-0.39, 0.29) is 11.6 Å². The molecule has 20 heavy (non-hydrogen) atoms. The van der Waals surface area contributed by atoms with Gasteiger partial charge in [0.2, 0.25) is 0 Å². The lowest BCUT2D eigenvalue weighted by atomic mass is 10.2. The first-order valence-corrected chi connectivity index (χ1v) is 6.57. The van der Waals surface area contributed by atoms with Crippen molar-refractivity contribution in [1.29, 1.82) is 5.26 Å². The van der Waals surface area contributed by atoms with Gasteiger partial charge in [-0.3, -0.25) is 15.0 Å². The van der Waals surface area contributed by atoms with Crippen molar-refractivity contribution in [3.05, 3.63) is 28.4 Å². The summed E-state index contributed by atoms with van der Waals surface area (Å²) in [4.78, 5) is 18.6. The highest BCUT2D eigenvalue weighted by atomic mass is 16.6. The topological polar surface area (TPSA) is 86.3 Å². The Morgan fingerprint density at radius 1 is 1.45 bits per heavy atom. The quantitative estimate of drug-likeness (QED) is 0.607. The Morgan fingerprint density at radius 2 is 2.15 bits per heavy atom. The average Bonchev–Trinajstić information content (AvgIpc) is 2.48. The van der Waals surface area contributed by atoms with Gasteiger partial charge in [-0.1, -0.05) is 0 Å². The highest BCUT2D eigenvalue weighted by molar-refractivity contribution is 5.43. The van der Waals surface area contributed by atoms with E-state index in [0.29, 0.717) is 0 Å². The van der Waals surface area contributed by atoms with Gasteiger partial charge in [0.05, 0.1) is 16.9 Å². The SMILES string of the molecule is CC(C#N)CN1CCN(c2ccc([N+](=O)[O-])cn2)CC1. The number of nitrogens with zero attached hydrogens (tertiary/aromatic N) is 5. The van der Waals surface area contributed by atoms with Crippen molar-refractivity contribution in [2.45, 2.75) is 6.92 Å². The summed E-state index contributed by atoms with van der Waals surface area (Å²) in [5, 5.41) is 19.4. The third-order valence-corrected chi connectivity index (χ3v) is 3.39. The van der Waals surface area contributed by atoms with Crippen LogP contribution in [0.15, 0.2) is 18.3 Å². The second-order valence-electron chi connectivity index (χ2n) is 4.95. The van der Waals surface area contributed by atoms with Crippen molar-refractivity contribution in [2.24, 2.45) is 5.92 Å². The van der Waals surface area contributed by atoms with Crippen LogP contribution in [0.25, 0.3) is 0 Å². The summed E-state index contributed by atoms with van der Waals surface area (Å²) in [6, 6.07) is 5.41. The maximum atomic E-state index is 10.6. The number of nitro groups is 1. The van der Waals surface area contributed by atoms with Crippen molar-refractivity contribution < 1.29 is 4.92 Å². The molecule has 7 heteroatoms. The summed E-state index contributed by atoms with van der Waals surface area (Å²) in [7, 11) is 0. The van der Waals surface area contributed by atoms with Crippen molar-refractivity contribution in [3.8, 4) is 6.07 Å². The zero-order valence-electron chi connectivity index (χ0n) is 11.4. The molecule has 1 fully saturated rings. The third-order valence-electron chi connectivity index (χ3n) is 3.39. The number of nitriles is 1. The Bertz CT molecular complexity index is 502. The van der Waals surface area contributed by atoms with E-state index in [0.717, 1.165) is 38.5 Å². The molecule has 0 radical (unpaired) electrons. The predicted molar refractivity (Wildman–Crippen MR) is 74.3 cm³/mol. The van der Waals surface area contributed by atoms with Crippen LogP contribution in [0.2, 0.25) is 0 Å². The molecule has 0 aliphatic carbocycles. The molecule has 1 aromatic heterocycles.